The lowest BCUT2D eigenvalue weighted by atomic mass is 10.1. The van der Waals surface area contributed by atoms with Crippen molar-refractivity contribution in [2.45, 2.75) is 46.1 Å². The third-order valence-electron chi connectivity index (χ3n) is 5.11. The third-order valence-corrected chi connectivity index (χ3v) is 5.11. The van der Waals surface area contributed by atoms with Crippen molar-refractivity contribution < 1.29 is 14.7 Å². The molecule has 1 saturated heterocycles. The van der Waals surface area contributed by atoms with E-state index >= 15 is 0 Å². The smallest absolute Gasteiger partial charge is 0.317 e. The summed E-state index contributed by atoms with van der Waals surface area (Å²) in [4.78, 5) is 27.5. The van der Waals surface area contributed by atoms with E-state index in [0.717, 1.165) is 49.2 Å². The summed E-state index contributed by atoms with van der Waals surface area (Å²) < 4.78 is 0. The molecule has 1 heterocycles. The van der Waals surface area contributed by atoms with Gasteiger partial charge in [-0.3, -0.25) is 19.4 Å². The molecule has 0 saturated carbocycles. The van der Waals surface area contributed by atoms with E-state index in [0.29, 0.717) is 6.54 Å². The predicted octanol–water partition coefficient (Wildman–Crippen LogP) is 2.42. The predicted molar refractivity (Wildman–Crippen MR) is 104 cm³/mol. The second kappa shape index (κ2) is 9.14. The first-order valence-corrected chi connectivity index (χ1v) is 9.28. The van der Waals surface area contributed by atoms with Crippen LogP contribution in [0.15, 0.2) is 12.1 Å². The number of carbonyl (C=O) groups is 2. The SMILES string of the molecule is Cc1cc(C)c(NC(=O)CN2CCCC(N(C)CC(=O)O)CC2)c(C)c1. The Kier molecular flexibility index (Phi) is 7.17. The minimum atomic E-state index is -0.795. The van der Waals surface area contributed by atoms with Crippen LogP contribution in [-0.2, 0) is 9.59 Å². The molecule has 26 heavy (non-hydrogen) atoms. The highest BCUT2D eigenvalue weighted by atomic mass is 16.4. The number of likely N-dealkylation sites (tertiary alicyclic amines) is 1. The van der Waals surface area contributed by atoms with Crippen LogP contribution in [0.4, 0.5) is 5.69 Å². The van der Waals surface area contributed by atoms with Gasteiger partial charge in [0.2, 0.25) is 5.91 Å². The van der Waals surface area contributed by atoms with Gasteiger partial charge in [-0.2, -0.15) is 0 Å². The zero-order valence-electron chi connectivity index (χ0n) is 16.3. The number of carboxylic acid groups (broad SMARTS) is 1. The molecule has 0 radical (unpaired) electrons. The molecule has 0 spiro atoms. The summed E-state index contributed by atoms with van der Waals surface area (Å²) >= 11 is 0. The molecule has 6 heteroatoms. The Labute approximate surface area is 156 Å². The van der Waals surface area contributed by atoms with Gasteiger partial charge in [-0.1, -0.05) is 17.7 Å². The molecule has 1 atom stereocenters. The number of hydrogen-bond donors (Lipinski definition) is 2. The maximum Gasteiger partial charge on any atom is 0.317 e. The average Bonchev–Trinajstić information content (AvgIpc) is 2.76. The van der Waals surface area contributed by atoms with Crippen LogP contribution in [0.1, 0.15) is 36.0 Å². The number of nitrogens with one attached hydrogen (secondary N) is 1. The number of carbonyl (C=O) groups excluding carboxylic acids is 1. The minimum Gasteiger partial charge on any atom is -0.480 e. The Morgan fingerprint density at radius 2 is 1.85 bits per heavy atom. The number of amides is 1. The normalized spacial score (nSPS) is 18.6. The Morgan fingerprint density at radius 1 is 1.19 bits per heavy atom. The van der Waals surface area contributed by atoms with E-state index < -0.39 is 5.97 Å². The van der Waals surface area contributed by atoms with Gasteiger partial charge in [0.25, 0.3) is 0 Å². The number of hydrogen-bond acceptors (Lipinski definition) is 4. The van der Waals surface area contributed by atoms with E-state index in [1.165, 1.54) is 5.56 Å². The van der Waals surface area contributed by atoms with Crippen molar-refractivity contribution in [3.05, 3.63) is 28.8 Å². The number of likely N-dealkylation sites (N-methyl/N-ethyl adjacent to an activating group) is 1. The van der Waals surface area contributed by atoms with Crippen LogP contribution >= 0.6 is 0 Å². The van der Waals surface area contributed by atoms with Crippen LogP contribution in [0.5, 0.6) is 0 Å². The lowest BCUT2D eigenvalue weighted by Gasteiger charge is -2.25. The van der Waals surface area contributed by atoms with Gasteiger partial charge < -0.3 is 10.4 Å². The van der Waals surface area contributed by atoms with E-state index in [9.17, 15) is 9.59 Å². The van der Waals surface area contributed by atoms with Crippen LogP contribution in [0.2, 0.25) is 0 Å². The molecule has 1 unspecified atom stereocenters. The summed E-state index contributed by atoms with van der Waals surface area (Å²) in [6.45, 7) is 8.22. The largest absolute Gasteiger partial charge is 0.480 e. The molecular formula is C20H31N3O3. The summed E-state index contributed by atoms with van der Waals surface area (Å²) in [5, 5.41) is 12.0. The zero-order valence-corrected chi connectivity index (χ0v) is 16.3. The number of anilines is 1. The minimum absolute atomic E-state index is 0.0115. The van der Waals surface area contributed by atoms with Crippen molar-refractivity contribution in [3.8, 4) is 0 Å². The van der Waals surface area contributed by atoms with Crippen LogP contribution in [0.3, 0.4) is 0 Å². The maximum absolute atomic E-state index is 12.5. The zero-order chi connectivity index (χ0) is 19.3. The van der Waals surface area contributed by atoms with Gasteiger partial charge >= 0.3 is 5.97 Å². The molecule has 1 amide bonds. The van der Waals surface area contributed by atoms with Gasteiger partial charge in [-0.15, -0.1) is 0 Å². The Bertz CT molecular complexity index is 637. The van der Waals surface area contributed by atoms with E-state index in [2.05, 4.69) is 29.3 Å². The van der Waals surface area contributed by atoms with Crippen LogP contribution in [0, 0.1) is 20.8 Å². The van der Waals surface area contributed by atoms with Gasteiger partial charge in [-0.05, 0) is 64.8 Å². The van der Waals surface area contributed by atoms with Crippen LogP contribution < -0.4 is 5.32 Å². The van der Waals surface area contributed by atoms with Crippen molar-refractivity contribution in [3.63, 3.8) is 0 Å². The van der Waals surface area contributed by atoms with Gasteiger partial charge in [0.05, 0.1) is 13.1 Å². The second-order valence-corrected chi connectivity index (χ2v) is 7.49. The number of carboxylic acids is 1. The second-order valence-electron chi connectivity index (χ2n) is 7.49. The van der Waals surface area contributed by atoms with E-state index in [4.69, 9.17) is 5.11 Å². The summed E-state index contributed by atoms with van der Waals surface area (Å²) in [5.74, 6) is -0.783. The quantitative estimate of drug-likeness (QED) is 0.814. The fraction of sp³-hybridized carbons (Fsp3) is 0.600. The standard InChI is InChI=1S/C20H31N3O3/c1-14-10-15(2)20(16(3)11-14)21-18(24)12-23-8-5-6-17(7-9-23)22(4)13-19(25)26/h10-11,17H,5-9,12-13H2,1-4H3,(H,21,24)(H,25,26). The monoisotopic (exact) mass is 361 g/mol. The molecule has 2 rings (SSSR count). The molecule has 1 aromatic carbocycles. The van der Waals surface area contributed by atoms with Gasteiger partial charge in [0.15, 0.2) is 0 Å². The van der Waals surface area contributed by atoms with E-state index in [1.807, 2.05) is 25.8 Å². The highest BCUT2D eigenvalue weighted by Crippen LogP contribution is 2.22. The molecule has 1 aliphatic rings. The Morgan fingerprint density at radius 3 is 2.46 bits per heavy atom. The lowest BCUT2D eigenvalue weighted by molar-refractivity contribution is -0.138. The molecule has 0 bridgehead atoms. The molecule has 144 valence electrons. The molecule has 6 nitrogen and oxygen atoms in total. The number of aliphatic carboxylic acids is 1. The maximum atomic E-state index is 12.5. The first-order valence-electron chi connectivity index (χ1n) is 9.28. The molecule has 0 aliphatic carbocycles. The Hall–Kier alpha value is -1.92. The first-order chi connectivity index (χ1) is 12.3. The van der Waals surface area contributed by atoms with Crippen LogP contribution in [0.25, 0.3) is 0 Å². The van der Waals surface area contributed by atoms with Crippen molar-refractivity contribution in [1.29, 1.82) is 0 Å². The van der Waals surface area contributed by atoms with Crippen molar-refractivity contribution in [2.24, 2.45) is 0 Å². The Balaban J connectivity index is 1.89. The first kappa shape index (κ1) is 20.4. The van der Waals surface area contributed by atoms with Crippen molar-refractivity contribution >= 4 is 17.6 Å². The average molecular weight is 361 g/mol. The van der Waals surface area contributed by atoms with Gasteiger partial charge in [0, 0.05) is 18.3 Å². The highest BCUT2D eigenvalue weighted by Gasteiger charge is 2.23. The fourth-order valence-corrected chi connectivity index (χ4v) is 3.84. The van der Waals surface area contributed by atoms with E-state index in [-0.39, 0.29) is 18.5 Å². The van der Waals surface area contributed by atoms with E-state index in [1.54, 1.807) is 0 Å². The number of rotatable bonds is 6. The third kappa shape index (κ3) is 5.81. The summed E-state index contributed by atoms with van der Waals surface area (Å²) in [6.07, 6.45) is 2.84. The number of nitrogens with zero attached hydrogens (tertiary/aromatic N) is 2. The molecule has 2 N–H and O–H groups in total. The lowest BCUT2D eigenvalue weighted by Crippen LogP contribution is -2.37. The molecule has 1 fully saturated rings. The summed E-state index contributed by atoms with van der Waals surface area (Å²) in [7, 11) is 1.87. The topological polar surface area (TPSA) is 72.9 Å². The van der Waals surface area contributed by atoms with Gasteiger partial charge in [0.1, 0.15) is 0 Å². The molecule has 1 aliphatic heterocycles. The van der Waals surface area contributed by atoms with Gasteiger partial charge in [-0.25, -0.2) is 0 Å². The number of aryl methyl sites for hydroxylation is 3. The van der Waals surface area contributed by atoms with Crippen molar-refractivity contribution in [2.75, 3.05) is 38.5 Å². The summed E-state index contributed by atoms with van der Waals surface area (Å²) in [5.41, 5.74) is 4.28. The molecule has 1 aromatic rings. The van der Waals surface area contributed by atoms with Crippen molar-refractivity contribution in [1.82, 2.24) is 9.80 Å². The fourth-order valence-electron chi connectivity index (χ4n) is 3.84. The highest BCUT2D eigenvalue weighted by molar-refractivity contribution is 5.93. The number of benzene rings is 1. The van der Waals surface area contributed by atoms with Crippen LogP contribution in [-0.4, -0.2) is 66.1 Å². The molecular weight excluding hydrogens is 330 g/mol. The summed E-state index contributed by atoms with van der Waals surface area (Å²) in [6, 6.07) is 4.43. The molecule has 0 aromatic heterocycles.